The lowest BCUT2D eigenvalue weighted by molar-refractivity contribution is -0.115. The number of nitrogens with one attached hydrogen (secondary N) is 1. The minimum Gasteiger partial charge on any atom is -0.323 e. The van der Waals surface area contributed by atoms with Crippen LogP contribution in [0.1, 0.15) is 27.7 Å². The van der Waals surface area contributed by atoms with Crippen LogP contribution in [-0.2, 0) is 4.79 Å². The van der Waals surface area contributed by atoms with Crippen molar-refractivity contribution in [2.24, 2.45) is 0 Å². The fourth-order valence-corrected chi connectivity index (χ4v) is 4.76. The van der Waals surface area contributed by atoms with Crippen LogP contribution in [0, 0.1) is 11.3 Å². The Morgan fingerprint density at radius 1 is 1.15 bits per heavy atom. The van der Waals surface area contributed by atoms with Crippen molar-refractivity contribution in [1.29, 1.82) is 5.26 Å². The molecule has 0 aliphatic rings. The summed E-state index contributed by atoms with van der Waals surface area (Å²) in [6.07, 6.45) is 0. The standard InChI is InChI=1S/C15H20N2OS2/c1-11(2)19-15(10-16,20-12(3)4)14(18)17-13-8-6-5-7-9-13/h5-9,11-12H,1-4H3,(H,17,18). The molecule has 0 aromatic heterocycles. The van der Waals surface area contributed by atoms with Crippen LogP contribution < -0.4 is 5.32 Å². The molecule has 1 rings (SSSR count). The number of hydrogen-bond donors (Lipinski definition) is 1. The molecule has 0 radical (unpaired) electrons. The largest absolute Gasteiger partial charge is 0.323 e. The lowest BCUT2D eigenvalue weighted by atomic mass is 10.3. The van der Waals surface area contributed by atoms with Crippen LogP contribution in [0.25, 0.3) is 0 Å². The molecule has 0 atom stereocenters. The quantitative estimate of drug-likeness (QED) is 0.803. The molecule has 0 heterocycles. The van der Waals surface area contributed by atoms with Gasteiger partial charge in [0.1, 0.15) is 6.07 Å². The zero-order valence-electron chi connectivity index (χ0n) is 12.2. The van der Waals surface area contributed by atoms with E-state index in [9.17, 15) is 10.1 Å². The summed E-state index contributed by atoms with van der Waals surface area (Å²) in [5, 5.41) is 12.8. The Morgan fingerprint density at radius 3 is 2.05 bits per heavy atom. The molecule has 1 amide bonds. The topological polar surface area (TPSA) is 52.9 Å². The summed E-state index contributed by atoms with van der Waals surface area (Å²) in [4.78, 5) is 12.6. The van der Waals surface area contributed by atoms with Gasteiger partial charge in [-0.1, -0.05) is 45.9 Å². The Labute approximate surface area is 129 Å². The number of amides is 1. The van der Waals surface area contributed by atoms with E-state index in [2.05, 4.69) is 11.4 Å². The first-order chi connectivity index (χ1) is 9.39. The average Bonchev–Trinajstić information content (AvgIpc) is 2.37. The molecule has 0 fully saturated rings. The van der Waals surface area contributed by atoms with E-state index >= 15 is 0 Å². The number of hydrogen-bond acceptors (Lipinski definition) is 4. The van der Waals surface area contributed by atoms with E-state index in [-0.39, 0.29) is 16.4 Å². The summed E-state index contributed by atoms with van der Waals surface area (Å²) in [5.41, 5.74) is 0.714. The molecule has 5 heteroatoms. The third kappa shape index (κ3) is 4.77. The van der Waals surface area contributed by atoms with Crippen LogP contribution >= 0.6 is 23.5 Å². The van der Waals surface area contributed by atoms with Gasteiger partial charge in [-0.05, 0) is 12.1 Å². The summed E-state index contributed by atoms with van der Waals surface area (Å²) < 4.78 is -1.11. The van der Waals surface area contributed by atoms with E-state index in [0.29, 0.717) is 5.69 Å². The highest BCUT2D eigenvalue weighted by Crippen LogP contribution is 2.42. The van der Waals surface area contributed by atoms with Crippen molar-refractivity contribution in [3.8, 4) is 6.07 Å². The number of para-hydroxylation sites is 1. The highest BCUT2D eigenvalue weighted by atomic mass is 32.2. The Hall–Kier alpha value is -1.12. The zero-order chi connectivity index (χ0) is 15.2. The van der Waals surface area contributed by atoms with Crippen molar-refractivity contribution in [1.82, 2.24) is 0 Å². The third-order valence-electron chi connectivity index (χ3n) is 2.28. The number of rotatable bonds is 6. The lowest BCUT2D eigenvalue weighted by Gasteiger charge is -2.27. The molecule has 1 aromatic rings. The van der Waals surface area contributed by atoms with Gasteiger partial charge in [0.15, 0.2) is 0 Å². The monoisotopic (exact) mass is 308 g/mol. The second-order valence-corrected chi connectivity index (χ2v) is 8.72. The highest BCUT2D eigenvalue weighted by Gasteiger charge is 2.42. The molecule has 0 aliphatic heterocycles. The number of benzene rings is 1. The van der Waals surface area contributed by atoms with E-state index in [1.807, 2.05) is 58.0 Å². The number of nitriles is 1. The van der Waals surface area contributed by atoms with Gasteiger partial charge in [0.2, 0.25) is 4.08 Å². The summed E-state index contributed by atoms with van der Waals surface area (Å²) in [6, 6.07) is 11.5. The Balaban J connectivity index is 2.97. The van der Waals surface area contributed by atoms with Crippen LogP contribution in [0.15, 0.2) is 30.3 Å². The molecule has 1 N–H and O–H groups in total. The third-order valence-corrected chi connectivity index (χ3v) is 5.02. The minimum atomic E-state index is -1.11. The highest BCUT2D eigenvalue weighted by molar-refractivity contribution is 8.20. The van der Waals surface area contributed by atoms with Gasteiger partial charge in [-0.3, -0.25) is 4.79 Å². The zero-order valence-corrected chi connectivity index (χ0v) is 13.8. The van der Waals surface area contributed by atoms with Crippen molar-refractivity contribution in [3.05, 3.63) is 30.3 Å². The number of carbonyl (C=O) groups is 1. The molecular weight excluding hydrogens is 288 g/mol. The second-order valence-electron chi connectivity index (χ2n) is 4.88. The summed E-state index contributed by atoms with van der Waals surface area (Å²) in [7, 11) is 0. The molecule has 1 aromatic carbocycles. The molecule has 0 unspecified atom stereocenters. The summed E-state index contributed by atoms with van der Waals surface area (Å²) in [6.45, 7) is 7.97. The molecule has 0 saturated heterocycles. The summed E-state index contributed by atoms with van der Waals surface area (Å²) in [5.74, 6) is -0.261. The smallest absolute Gasteiger partial charge is 0.265 e. The van der Waals surface area contributed by atoms with Crippen LogP contribution in [0.4, 0.5) is 5.69 Å². The Morgan fingerprint density at radius 2 is 1.65 bits per heavy atom. The van der Waals surface area contributed by atoms with E-state index in [1.165, 1.54) is 23.5 Å². The van der Waals surface area contributed by atoms with Crippen molar-refractivity contribution in [3.63, 3.8) is 0 Å². The van der Waals surface area contributed by atoms with Gasteiger partial charge in [0.25, 0.3) is 5.91 Å². The Bertz CT molecular complexity index is 470. The molecular formula is C15H20N2OS2. The molecule has 0 spiro atoms. The van der Waals surface area contributed by atoms with Crippen LogP contribution in [0.5, 0.6) is 0 Å². The normalized spacial score (nSPS) is 11.4. The van der Waals surface area contributed by atoms with E-state index in [0.717, 1.165) is 0 Å². The van der Waals surface area contributed by atoms with Gasteiger partial charge in [-0.2, -0.15) is 5.26 Å². The predicted octanol–water partition coefficient (Wildman–Crippen LogP) is 4.13. The van der Waals surface area contributed by atoms with Crippen LogP contribution in [0.2, 0.25) is 0 Å². The lowest BCUT2D eigenvalue weighted by Crippen LogP contribution is -2.38. The van der Waals surface area contributed by atoms with Crippen molar-refractivity contribution in [2.45, 2.75) is 42.3 Å². The number of anilines is 1. The number of carbonyl (C=O) groups excluding carboxylic acids is 1. The van der Waals surface area contributed by atoms with Gasteiger partial charge in [-0.25, -0.2) is 0 Å². The van der Waals surface area contributed by atoms with Crippen molar-refractivity contribution >= 4 is 35.1 Å². The van der Waals surface area contributed by atoms with E-state index in [1.54, 1.807) is 0 Å². The Kier molecular flexibility index (Phi) is 6.44. The van der Waals surface area contributed by atoms with Gasteiger partial charge < -0.3 is 5.32 Å². The molecule has 20 heavy (non-hydrogen) atoms. The van der Waals surface area contributed by atoms with Gasteiger partial charge in [-0.15, -0.1) is 23.5 Å². The molecule has 3 nitrogen and oxygen atoms in total. The second kappa shape index (κ2) is 7.61. The first kappa shape index (κ1) is 16.9. The molecule has 0 aliphatic carbocycles. The maximum atomic E-state index is 12.6. The van der Waals surface area contributed by atoms with Crippen LogP contribution in [0.3, 0.4) is 0 Å². The fraction of sp³-hybridized carbons (Fsp3) is 0.467. The predicted molar refractivity (Wildman–Crippen MR) is 88.9 cm³/mol. The molecule has 0 saturated carbocycles. The molecule has 108 valence electrons. The average molecular weight is 308 g/mol. The van der Waals surface area contributed by atoms with Gasteiger partial charge in [0, 0.05) is 16.2 Å². The van der Waals surface area contributed by atoms with Gasteiger partial charge in [0.05, 0.1) is 0 Å². The minimum absolute atomic E-state index is 0.197. The first-order valence-electron chi connectivity index (χ1n) is 6.53. The van der Waals surface area contributed by atoms with Crippen molar-refractivity contribution < 1.29 is 4.79 Å². The van der Waals surface area contributed by atoms with Gasteiger partial charge >= 0.3 is 0 Å². The van der Waals surface area contributed by atoms with E-state index in [4.69, 9.17) is 0 Å². The number of thioether (sulfide) groups is 2. The number of nitrogens with zero attached hydrogens (tertiary/aromatic N) is 1. The summed E-state index contributed by atoms with van der Waals surface area (Å²) >= 11 is 2.78. The first-order valence-corrected chi connectivity index (χ1v) is 8.29. The van der Waals surface area contributed by atoms with Crippen molar-refractivity contribution in [2.75, 3.05) is 5.32 Å². The van der Waals surface area contributed by atoms with Crippen LogP contribution in [-0.4, -0.2) is 20.5 Å². The SMILES string of the molecule is CC(C)SC(C#N)(SC(C)C)C(=O)Nc1ccccc1. The fourth-order valence-electron chi connectivity index (χ4n) is 1.64. The maximum absolute atomic E-state index is 12.6. The van der Waals surface area contributed by atoms with E-state index < -0.39 is 4.08 Å². The molecule has 0 bridgehead atoms. The maximum Gasteiger partial charge on any atom is 0.265 e.